The summed E-state index contributed by atoms with van der Waals surface area (Å²) in [5.74, 6) is 0.407. The van der Waals surface area contributed by atoms with Crippen molar-refractivity contribution in [2.75, 3.05) is 0 Å². The predicted molar refractivity (Wildman–Crippen MR) is 43.9 cm³/mol. The van der Waals surface area contributed by atoms with Crippen LogP contribution < -0.4 is 0 Å². The fourth-order valence-electron chi connectivity index (χ4n) is 2.74. The Morgan fingerprint density at radius 1 is 1.09 bits per heavy atom. The summed E-state index contributed by atoms with van der Waals surface area (Å²) in [5.41, 5.74) is 0.507. The minimum absolute atomic E-state index is 0.407. The van der Waals surface area contributed by atoms with E-state index < -0.39 is 0 Å². The number of nitrogens with zero attached hydrogens (tertiary/aromatic N) is 1. The molecule has 11 heavy (non-hydrogen) atoms. The van der Waals surface area contributed by atoms with Crippen LogP contribution in [-0.2, 0) is 0 Å². The normalized spacial score (nSPS) is 34.3. The molecule has 2 aliphatic carbocycles. The standard InChI is InChI=1S/C10H15N/c11-8-9-4-1-2-5-10(9)6-3-7-10/h9H,1-7H2. The van der Waals surface area contributed by atoms with Gasteiger partial charge in [-0.15, -0.1) is 0 Å². The Kier molecular flexibility index (Phi) is 1.64. The summed E-state index contributed by atoms with van der Waals surface area (Å²) in [6, 6.07) is 2.50. The van der Waals surface area contributed by atoms with E-state index in [1.165, 1.54) is 44.9 Å². The number of hydrogen-bond donors (Lipinski definition) is 0. The summed E-state index contributed by atoms with van der Waals surface area (Å²) >= 11 is 0. The highest BCUT2D eigenvalue weighted by molar-refractivity contribution is 5.03. The van der Waals surface area contributed by atoms with Crippen LogP contribution >= 0.6 is 0 Å². The molecule has 2 aliphatic rings. The van der Waals surface area contributed by atoms with Crippen molar-refractivity contribution < 1.29 is 0 Å². The molecule has 0 aromatic heterocycles. The SMILES string of the molecule is N#CC1CCCCC12CCC2. The second-order valence-electron chi connectivity index (χ2n) is 4.14. The van der Waals surface area contributed by atoms with Gasteiger partial charge in [0.25, 0.3) is 0 Å². The Labute approximate surface area is 68.4 Å². The Morgan fingerprint density at radius 3 is 2.27 bits per heavy atom. The molecular formula is C10H15N. The van der Waals surface area contributed by atoms with Gasteiger partial charge in [0.2, 0.25) is 0 Å². The van der Waals surface area contributed by atoms with Crippen molar-refractivity contribution in [2.45, 2.75) is 44.9 Å². The first kappa shape index (κ1) is 7.16. The molecule has 0 saturated heterocycles. The predicted octanol–water partition coefficient (Wildman–Crippen LogP) is 2.87. The van der Waals surface area contributed by atoms with Gasteiger partial charge < -0.3 is 0 Å². The molecule has 60 valence electrons. The molecule has 0 aromatic rings. The van der Waals surface area contributed by atoms with Crippen LogP contribution in [0.4, 0.5) is 0 Å². The van der Waals surface area contributed by atoms with Crippen molar-refractivity contribution in [1.29, 1.82) is 5.26 Å². The van der Waals surface area contributed by atoms with E-state index in [1.807, 2.05) is 0 Å². The fraction of sp³-hybridized carbons (Fsp3) is 0.900. The molecule has 1 spiro atoms. The molecule has 1 unspecified atom stereocenters. The van der Waals surface area contributed by atoms with Crippen LogP contribution in [0.1, 0.15) is 44.9 Å². The van der Waals surface area contributed by atoms with E-state index in [9.17, 15) is 0 Å². The van der Waals surface area contributed by atoms with Gasteiger partial charge in [-0.2, -0.15) is 5.26 Å². The quantitative estimate of drug-likeness (QED) is 0.519. The lowest BCUT2D eigenvalue weighted by molar-refractivity contribution is 0.0362. The second-order valence-corrected chi connectivity index (χ2v) is 4.14. The van der Waals surface area contributed by atoms with Crippen molar-refractivity contribution in [3.05, 3.63) is 0 Å². The van der Waals surface area contributed by atoms with Crippen LogP contribution in [0.15, 0.2) is 0 Å². The highest BCUT2D eigenvalue weighted by Crippen LogP contribution is 2.54. The van der Waals surface area contributed by atoms with Gasteiger partial charge in [-0.1, -0.05) is 19.3 Å². The van der Waals surface area contributed by atoms with Crippen LogP contribution in [0.2, 0.25) is 0 Å². The van der Waals surface area contributed by atoms with Crippen molar-refractivity contribution in [3.63, 3.8) is 0 Å². The van der Waals surface area contributed by atoms with Crippen LogP contribution in [0.3, 0.4) is 0 Å². The van der Waals surface area contributed by atoms with Crippen LogP contribution in [0.5, 0.6) is 0 Å². The summed E-state index contributed by atoms with van der Waals surface area (Å²) < 4.78 is 0. The molecule has 0 radical (unpaired) electrons. The lowest BCUT2D eigenvalue weighted by Crippen LogP contribution is -2.39. The van der Waals surface area contributed by atoms with Gasteiger partial charge >= 0.3 is 0 Å². The van der Waals surface area contributed by atoms with E-state index >= 15 is 0 Å². The third-order valence-electron chi connectivity index (χ3n) is 3.66. The molecule has 2 rings (SSSR count). The van der Waals surface area contributed by atoms with E-state index in [1.54, 1.807) is 0 Å². The molecule has 2 saturated carbocycles. The maximum Gasteiger partial charge on any atom is 0.0661 e. The maximum absolute atomic E-state index is 8.94. The molecule has 0 aliphatic heterocycles. The van der Waals surface area contributed by atoms with E-state index in [4.69, 9.17) is 5.26 Å². The van der Waals surface area contributed by atoms with Crippen LogP contribution in [-0.4, -0.2) is 0 Å². The number of rotatable bonds is 0. The summed E-state index contributed by atoms with van der Waals surface area (Å²) in [4.78, 5) is 0. The van der Waals surface area contributed by atoms with E-state index in [0.717, 1.165) is 0 Å². The highest BCUT2D eigenvalue weighted by Gasteiger charge is 2.45. The third kappa shape index (κ3) is 0.965. The van der Waals surface area contributed by atoms with Gasteiger partial charge in [0.05, 0.1) is 12.0 Å². The summed E-state index contributed by atoms with van der Waals surface area (Å²) in [6.45, 7) is 0. The van der Waals surface area contributed by atoms with Gasteiger partial charge in [-0.05, 0) is 31.1 Å². The Balaban J connectivity index is 2.10. The average molecular weight is 149 g/mol. The molecule has 1 heteroatoms. The lowest BCUT2D eigenvalue weighted by atomic mass is 9.56. The van der Waals surface area contributed by atoms with Gasteiger partial charge in [0.15, 0.2) is 0 Å². The smallest absolute Gasteiger partial charge is 0.0661 e. The van der Waals surface area contributed by atoms with Crippen LogP contribution in [0, 0.1) is 22.7 Å². The van der Waals surface area contributed by atoms with E-state index in [0.29, 0.717) is 11.3 Å². The Morgan fingerprint density at radius 2 is 1.82 bits per heavy atom. The molecule has 0 bridgehead atoms. The van der Waals surface area contributed by atoms with Gasteiger partial charge in [-0.25, -0.2) is 0 Å². The molecule has 1 atom stereocenters. The molecule has 0 N–H and O–H groups in total. The third-order valence-corrected chi connectivity index (χ3v) is 3.66. The Hall–Kier alpha value is -0.510. The van der Waals surface area contributed by atoms with Crippen molar-refractivity contribution in [3.8, 4) is 6.07 Å². The average Bonchev–Trinajstić information content (AvgIpc) is 2.01. The molecular weight excluding hydrogens is 134 g/mol. The minimum Gasteiger partial charge on any atom is -0.198 e. The maximum atomic E-state index is 8.94. The molecule has 0 amide bonds. The van der Waals surface area contributed by atoms with Gasteiger partial charge in [0, 0.05) is 0 Å². The number of nitriles is 1. The number of hydrogen-bond acceptors (Lipinski definition) is 1. The van der Waals surface area contributed by atoms with Crippen LogP contribution in [0.25, 0.3) is 0 Å². The molecule has 0 heterocycles. The van der Waals surface area contributed by atoms with Gasteiger partial charge in [-0.3, -0.25) is 0 Å². The minimum atomic E-state index is 0.407. The zero-order valence-corrected chi connectivity index (χ0v) is 6.97. The van der Waals surface area contributed by atoms with Gasteiger partial charge in [0.1, 0.15) is 0 Å². The topological polar surface area (TPSA) is 23.8 Å². The molecule has 1 nitrogen and oxygen atoms in total. The summed E-state index contributed by atoms with van der Waals surface area (Å²) in [7, 11) is 0. The second kappa shape index (κ2) is 2.52. The molecule has 2 fully saturated rings. The molecule has 0 aromatic carbocycles. The first-order valence-corrected chi connectivity index (χ1v) is 4.77. The Bertz CT molecular complexity index is 186. The zero-order chi connectivity index (χ0) is 7.73. The monoisotopic (exact) mass is 149 g/mol. The van der Waals surface area contributed by atoms with Crippen molar-refractivity contribution >= 4 is 0 Å². The van der Waals surface area contributed by atoms with Crippen molar-refractivity contribution in [2.24, 2.45) is 11.3 Å². The fourth-order valence-corrected chi connectivity index (χ4v) is 2.74. The highest BCUT2D eigenvalue weighted by atomic mass is 14.5. The first-order valence-electron chi connectivity index (χ1n) is 4.77. The van der Waals surface area contributed by atoms with E-state index in [2.05, 4.69) is 6.07 Å². The first-order chi connectivity index (χ1) is 5.37. The largest absolute Gasteiger partial charge is 0.198 e. The summed E-state index contributed by atoms with van der Waals surface area (Å²) in [6.07, 6.45) is 9.23. The zero-order valence-electron chi connectivity index (χ0n) is 6.97. The summed E-state index contributed by atoms with van der Waals surface area (Å²) in [5, 5.41) is 8.94. The van der Waals surface area contributed by atoms with Crippen molar-refractivity contribution in [1.82, 2.24) is 0 Å². The van der Waals surface area contributed by atoms with E-state index in [-0.39, 0.29) is 0 Å². The lowest BCUT2D eigenvalue weighted by Gasteiger charge is -2.48.